The molecule has 3 aromatic carbocycles. The fourth-order valence-corrected chi connectivity index (χ4v) is 5.52. The van der Waals surface area contributed by atoms with E-state index in [1.807, 2.05) is 0 Å². The summed E-state index contributed by atoms with van der Waals surface area (Å²) < 4.78 is 4.66. The quantitative estimate of drug-likeness (QED) is 0.306. The Balaban J connectivity index is 1.82. The fourth-order valence-electron chi connectivity index (χ4n) is 5.52. The number of benzene rings is 3. The number of fused-ring (bicyclic) bond motifs is 6. The summed E-state index contributed by atoms with van der Waals surface area (Å²) in [7, 11) is 2.19. The van der Waals surface area contributed by atoms with Gasteiger partial charge in [0.2, 0.25) is 11.2 Å². The number of aromatic nitrogens is 3. The second-order valence-corrected chi connectivity index (χ2v) is 9.03. The Labute approximate surface area is 182 Å². The van der Waals surface area contributed by atoms with E-state index in [4.69, 9.17) is 4.98 Å². The first kappa shape index (κ1) is 18.3. The predicted octanol–water partition coefficient (Wildman–Crippen LogP) is 6.18. The maximum absolute atomic E-state index is 5.20. The number of imidazole rings is 1. The molecule has 3 heterocycles. The molecule has 0 aliphatic carbocycles. The van der Waals surface area contributed by atoms with Crippen LogP contribution >= 0.6 is 0 Å². The van der Waals surface area contributed by atoms with Crippen LogP contribution in [0.15, 0.2) is 54.1 Å². The number of hydrogen-bond donors (Lipinski definition) is 0. The number of hydrogen-bond acceptors (Lipinski definition) is 1. The van der Waals surface area contributed by atoms with Gasteiger partial charge in [-0.05, 0) is 55.3 Å². The number of rotatable bonds is 1. The van der Waals surface area contributed by atoms with Crippen LogP contribution in [0.25, 0.3) is 50.2 Å². The van der Waals surface area contributed by atoms with E-state index >= 15 is 0 Å². The molecule has 152 valence electrons. The third kappa shape index (κ3) is 2.40. The minimum Gasteiger partial charge on any atom is -0.302 e. The molecule has 0 bridgehead atoms. The molecule has 3 nitrogen and oxygen atoms in total. The molecular formula is C28H26N3+. The van der Waals surface area contributed by atoms with Gasteiger partial charge in [0.1, 0.15) is 18.4 Å². The highest BCUT2D eigenvalue weighted by Gasteiger charge is 2.27. The third-order valence-corrected chi connectivity index (χ3v) is 6.95. The van der Waals surface area contributed by atoms with Gasteiger partial charge in [-0.15, -0.1) is 0 Å². The van der Waals surface area contributed by atoms with E-state index < -0.39 is 0 Å². The lowest BCUT2D eigenvalue weighted by Crippen LogP contribution is -2.33. The van der Waals surface area contributed by atoms with E-state index in [2.05, 4.69) is 98.6 Å². The van der Waals surface area contributed by atoms with Crippen LogP contribution in [-0.2, 0) is 13.5 Å². The Morgan fingerprint density at radius 1 is 0.903 bits per heavy atom. The summed E-state index contributed by atoms with van der Waals surface area (Å²) in [6.07, 6.45) is 3.18. The molecule has 31 heavy (non-hydrogen) atoms. The summed E-state index contributed by atoms with van der Waals surface area (Å²) >= 11 is 0. The van der Waals surface area contributed by atoms with Gasteiger partial charge in [0, 0.05) is 30.1 Å². The summed E-state index contributed by atoms with van der Waals surface area (Å²) in [5, 5.41) is 3.92. The van der Waals surface area contributed by atoms with Gasteiger partial charge in [-0.2, -0.15) is 4.57 Å². The second kappa shape index (κ2) is 6.27. The minimum absolute atomic E-state index is 0.920. The van der Waals surface area contributed by atoms with E-state index in [1.165, 1.54) is 60.7 Å². The van der Waals surface area contributed by atoms with Gasteiger partial charge >= 0.3 is 0 Å². The van der Waals surface area contributed by atoms with E-state index in [9.17, 15) is 0 Å². The zero-order valence-corrected chi connectivity index (χ0v) is 18.7. The van der Waals surface area contributed by atoms with E-state index in [-0.39, 0.29) is 0 Å². The molecule has 3 heteroatoms. The summed E-state index contributed by atoms with van der Waals surface area (Å²) in [6.45, 7) is 8.86. The summed E-state index contributed by atoms with van der Waals surface area (Å²) in [6, 6.07) is 17.7. The van der Waals surface area contributed by atoms with Gasteiger partial charge in [0.15, 0.2) is 0 Å². The van der Waals surface area contributed by atoms with Crippen LogP contribution < -0.4 is 4.57 Å². The first-order chi connectivity index (χ1) is 15.0. The highest BCUT2D eigenvalue weighted by Crippen LogP contribution is 2.40. The number of nitrogens with zero attached hydrogens (tertiary/aromatic N) is 3. The fraction of sp³-hybridized carbons (Fsp3) is 0.214. The maximum atomic E-state index is 5.20. The topological polar surface area (TPSA) is 21.7 Å². The molecule has 0 saturated heterocycles. The van der Waals surface area contributed by atoms with Crippen molar-refractivity contribution in [1.29, 1.82) is 0 Å². The van der Waals surface area contributed by atoms with Gasteiger partial charge in [0.25, 0.3) is 0 Å². The maximum Gasteiger partial charge on any atom is 0.215 e. The Morgan fingerprint density at radius 2 is 1.68 bits per heavy atom. The monoisotopic (exact) mass is 404 g/mol. The number of aryl methyl sites for hydroxylation is 4. The zero-order chi connectivity index (χ0) is 21.4. The highest BCUT2D eigenvalue weighted by molar-refractivity contribution is 6.13. The summed E-state index contributed by atoms with van der Waals surface area (Å²) in [5.41, 5.74) is 11.3. The average Bonchev–Trinajstić information content (AvgIpc) is 3.27. The Kier molecular flexibility index (Phi) is 3.71. The zero-order valence-electron chi connectivity index (χ0n) is 18.7. The third-order valence-electron chi connectivity index (χ3n) is 6.95. The van der Waals surface area contributed by atoms with Crippen molar-refractivity contribution in [3.05, 3.63) is 76.6 Å². The smallest absolute Gasteiger partial charge is 0.215 e. The van der Waals surface area contributed by atoms with Crippen molar-refractivity contribution in [3.63, 3.8) is 0 Å². The van der Waals surface area contributed by atoms with Crippen molar-refractivity contribution in [2.45, 2.75) is 34.1 Å². The molecule has 6 rings (SSSR count). The van der Waals surface area contributed by atoms with Crippen LogP contribution in [0.2, 0.25) is 0 Å². The Morgan fingerprint density at radius 3 is 2.48 bits per heavy atom. The minimum atomic E-state index is 0.920. The highest BCUT2D eigenvalue weighted by atomic mass is 15.1. The second-order valence-electron chi connectivity index (χ2n) is 9.03. The molecule has 0 unspecified atom stereocenters. The summed E-state index contributed by atoms with van der Waals surface area (Å²) in [4.78, 5) is 5.20. The molecule has 5 aromatic rings. The van der Waals surface area contributed by atoms with E-state index in [1.54, 1.807) is 0 Å². The molecule has 1 aliphatic rings. The van der Waals surface area contributed by atoms with Crippen LogP contribution in [0.1, 0.15) is 29.4 Å². The molecule has 0 amide bonds. The van der Waals surface area contributed by atoms with Crippen molar-refractivity contribution in [3.8, 4) is 11.3 Å². The molecule has 0 radical (unpaired) electrons. The van der Waals surface area contributed by atoms with Crippen molar-refractivity contribution in [2.75, 3.05) is 0 Å². The first-order valence-corrected chi connectivity index (χ1v) is 10.9. The van der Waals surface area contributed by atoms with Crippen LogP contribution in [-0.4, -0.2) is 9.55 Å². The lowest BCUT2D eigenvalue weighted by atomic mass is 9.93. The van der Waals surface area contributed by atoms with Gasteiger partial charge in [-0.3, -0.25) is 0 Å². The molecule has 0 saturated carbocycles. The Hall–Kier alpha value is -3.46. The van der Waals surface area contributed by atoms with E-state index in [0.717, 1.165) is 17.8 Å². The SMILES string of the molecule is CC1=Cn2c(nc3c(-c4cc(C)c5c(C)cccc5[n+]4C)c(C)c4ccccc4c32)C1. The van der Waals surface area contributed by atoms with Gasteiger partial charge < -0.3 is 4.57 Å². The lowest BCUT2D eigenvalue weighted by molar-refractivity contribution is -0.633. The van der Waals surface area contributed by atoms with Crippen LogP contribution in [0.5, 0.6) is 0 Å². The summed E-state index contributed by atoms with van der Waals surface area (Å²) in [5.74, 6) is 1.14. The number of pyridine rings is 1. The van der Waals surface area contributed by atoms with E-state index in [0.29, 0.717) is 0 Å². The molecule has 0 fully saturated rings. The van der Waals surface area contributed by atoms with Gasteiger partial charge in [-0.1, -0.05) is 36.4 Å². The normalized spacial score (nSPS) is 13.4. The van der Waals surface area contributed by atoms with Gasteiger partial charge in [-0.25, -0.2) is 4.98 Å². The number of allylic oxidation sites excluding steroid dienone is 1. The molecule has 2 aromatic heterocycles. The molecule has 0 spiro atoms. The lowest BCUT2D eigenvalue weighted by Gasteiger charge is -2.14. The van der Waals surface area contributed by atoms with Crippen molar-refractivity contribution in [2.24, 2.45) is 7.05 Å². The largest absolute Gasteiger partial charge is 0.302 e. The molecular weight excluding hydrogens is 378 g/mol. The molecule has 0 atom stereocenters. The first-order valence-electron chi connectivity index (χ1n) is 10.9. The molecule has 0 N–H and O–H groups in total. The van der Waals surface area contributed by atoms with Crippen molar-refractivity contribution >= 4 is 38.9 Å². The predicted molar refractivity (Wildman–Crippen MR) is 129 cm³/mol. The average molecular weight is 405 g/mol. The van der Waals surface area contributed by atoms with Gasteiger partial charge in [0.05, 0.1) is 16.5 Å². The van der Waals surface area contributed by atoms with Crippen LogP contribution in [0, 0.1) is 20.8 Å². The van der Waals surface area contributed by atoms with Crippen LogP contribution in [0.4, 0.5) is 0 Å². The molecule has 1 aliphatic heterocycles. The van der Waals surface area contributed by atoms with Crippen molar-refractivity contribution < 1.29 is 4.57 Å². The Bertz CT molecular complexity index is 1600. The van der Waals surface area contributed by atoms with Crippen molar-refractivity contribution in [1.82, 2.24) is 9.55 Å². The standard InChI is InChI=1S/C28H26N3/c1-16-13-24-29-27-26(19(4)20-10-6-7-11-21(20)28(27)31(24)15-16)23-14-18(3)25-17(2)9-8-12-22(25)30(23)5/h6-12,14-15H,13H2,1-5H3/q+1. The van der Waals surface area contributed by atoms with Crippen LogP contribution in [0.3, 0.4) is 0 Å².